The number of methoxy groups -OCH3 is 1. The van der Waals surface area contributed by atoms with Crippen LogP contribution in [0.15, 0.2) is 48.5 Å². The Labute approximate surface area is 192 Å². The normalized spacial score (nSPS) is 20.1. The first-order chi connectivity index (χ1) is 15.9. The van der Waals surface area contributed by atoms with Crippen LogP contribution in [0.1, 0.15) is 24.0 Å². The molecule has 8 nitrogen and oxygen atoms in total. The van der Waals surface area contributed by atoms with Crippen LogP contribution < -0.4 is 5.32 Å². The zero-order valence-corrected chi connectivity index (χ0v) is 18.7. The molecule has 3 unspecified atom stereocenters. The van der Waals surface area contributed by atoms with Gasteiger partial charge in [0, 0.05) is 26.1 Å². The molecule has 0 aromatic heterocycles. The van der Waals surface area contributed by atoms with Crippen LogP contribution in [0.4, 0.5) is 4.79 Å². The smallest absolute Gasteiger partial charge is 0.407 e. The Kier molecular flexibility index (Phi) is 6.65. The molecule has 0 radical (unpaired) electrons. The molecule has 2 N–H and O–H groups in total. The standard InChI is InChI=1S/C25H28N2O6/c1-15-12-27(13-20(15)24(29)30)23(28)22(32-2)11-26-25(31)33-14-21-18-9-5-3-7-16(18)17-8-4-6-10-19(17)21/h3-10,15,20-22H,11-14H2,1-2H3,(H,26,31)(H,29,30). The average Bonchev–Trinajstić information content (AvgIpc) is 3.36. The molecule has 3 atom stereocenters. The molecule has 2 aromatic rings. The molecule has 33 heavy (non-hydrogen) atoms. The highest BCUT2D eigenvalue weighted by Gasteiger charge is 2.39. The molecule has 0 saturated carbocycles. The van der Waals surface area contributed by atoms with Gasteiger partial charge in [-0.3, -0.25) is 9.59 Å². The van der Waals surface area contributed by atoms with Crippen molar-refractivity contribution in [3.63, 3.8) is 0 Å². The molecule has 1 saturated heterocycles. The number of hydrogen-bond donors (Lipinski definition) is 2. The van der Waals surface area contributed by atoms with Crippen LogP contribution in [-0.4, -0.2) is 67.4 Å². The molecule has 174 valence electrons. The van der Waals surface area contributed by atoms with Crippen molar-refractivity contribution in [1.29, 1.82) is 0 Å². The molecule has 2 aliphatic rings. The van der Waals surface area contributed by atoms with E-state index in [2.05, 4.69) is 17.4 Å². The highest BCUT2D eigenvalue weighted by Crippen LogP contribution is 2.44. The first-order valence-electron chi connectivity index (χ1n) is 11.0. The number of likely N-dealkylation sites (tertiary alicyclic amines) is 1. The molecule has 1 heterocycles. The van der Waals surface area contributed by atoms with Crippen molar-refractivity contribution in [3.8, 4) is 11.1 Å². The quantitative estimate of drug-likeness (QED) is 0.669. The molecule has 2 amide bonds. The fourth-order valence-electron chi connectivity index (χ4n) is 4.77. The van der Waals surface area contributed by atoms with Crippen LogP contribution in [0, 0.1) is 11.8 Å². The number of carboxylic acid groups (broad SMARTS) is 1. The summed E-state index contributed by atoms with van der Waals surface area (Å²) < 4.78 is 10.8. The third-order valence-electron chi connectivity index (χ3n) is 6.58. The van der Waals surface area contributed by atoms with E-state index in [1.165, 1.54) is 12.0 Å². The van der Waals surface area contributed by atoms with Gasteiger partial charge in [-0.1, -0.05) is 55.5 Å². The van der Waals surface area contributed by atoms with Gasteiger partial charge in [0.15, 0.2) is 6.10 Å². The van der Waals surface area contributed by atoms with E-state index in [4.69, 9.17) is 9.47 Å². The maximum atomic E-state index is 12.8. The number of rotatable bonds is 7. The van der Waals surface area contributed by atoms with Gasteiger partial charge in [0.2, 0.25) is 0 Å². The summed E-state index contributed by atoms with van der Waals surface area (Å²) in [5.41, 5.74) is 4.53. The Morgan fingerprint density at radius 3 is 2.21 bits per heavy atom. The highest BCUT2D eigenvalue weighted by molar-refractivity contribution is 5.83. The molecule has 0 spiro atoms. The molecule has 1 fully saturated rings. The van der Waals surface area contributed by atoms with E-state index in [0.29, 0.717) is 6.54 Å². The number of nitrogens with one attached hydrogen (secondary N) is 1. The van der Waals surface area contributed by atoms with E-state index in [-0.39, 0.29) is 37.4 Å². The van der Waals surface area contributed by atoms with Crippen molar-refractivity contribution in [2.24, 2.45) is 11.8 Å². The summed E-state index contributed by atoms with van der Waals surface area (Å²) in [7, 11) is 1.39. The summed E-state index contributed by atoms with van der Waals surface area (Å²) in [5.74, 6) is -2.04. The molecule has 1 aliphatic carbocycles. The monoisotopic (exact) mass is 452 g/mol. The van der Waals surface area contributed by atoms with Crippen LogP contribution in [0.3, 0.4) is 0 Å². The number of carboxylic acids is 1. The molecule has 1 aliphatic heterocycles. The van der Waals surface area contributed by atoms with Gasteiger partial charge in [-0.25, -0.2) is 4.79 Å². The number of nitrogens with zero attached hydrogens (tertiary/aromatic N) is 1. The SMILES string of the molecule is COC(CNC(=O)OCC1c2ccccc2-c2ccccc21)C(=O)N1CC(C)C(C(=O)O)C1. The van der Waals surface area contributed by atoms with Crippen molar-refractivity contribution in [2.75, 3.05) is 33.4 Å². The van der Waals surface area contributed by atoms with Gasteiger partial charge < -0.3 is 24.8 Å². The number of fused-ring (bicyclic) bond motifs is 3. The lowest BCUT2D eigenvalue weighted by Crippen LogP contribution is -2.45. The number of carbonyl (C=O) groups is 3. The van der Waals surface area contributed by atoms with E-state index in [1.807, 2.05) is 43.3 Å². The lowest BCUT2D eigenvalue weighted by atomic mass is 9.98. The molecule has 2 aromatic carbocycles. The first kappa shape index (κ1) is 22.8. The Morgan fingerprint density at radius 2 is 1.67 bits per heavy atom. The van der Waals surface area contributed by atoms with Crippen molar-refractivity contribution in [2.45, 2.75) is 18.9 Å². The summed E-state index contributed by atoms with van der Waals surface area (Å²) in [4.78, 5) is 38.0. The summed E-state index contributed by atoms with van der Waals surface area (Å²) in [6.07, 6.45) is -1.55. The Morgan fingerprint density at radius 1 is 1.06 bits per heavy atom. The van der Waals surface area contributed by atoms with Crippen molar-refractivity contribution in [1.82, 2.24) is 10.2 Å². The summed E-state index contributed by atoms with van der Waals surface area (Å²) in [5, 5.41) is 11.9. The maximum Gasteiger partial charge on any atom is 0.407 e. The molecular weight excluding hydrogens is 424 g/mol. The number of amides is 2. The second kappa shape index (κ2) is 9.62. The van der Waals surface area contributed by atoms with Crippen LogP contribution in [0.25, 0.3) is 11.1 Å². The largest absolute Gasteiger partial charge is 0.481 e. The number of hydrogen-bond acceptors (Lipinski definition) is 5. The number of aliphatic carboxylic acids is 1. The Balaban J connectivity index is 1.32. The molecule has 4 rings (SSSR count). The Bertz CT molecular complexity index is 1010. The predicted molar refractivity (Wildman–Crippen MR) is 121 cm³/mol. The van der Waals surface area contributed by atoms with E-state index in [0.717, 1.165) is 22.3 Å². The summed E-state index contributed by atoms with van der Waals surface area (Å²) in [6, 6.07) is 16.2. The number of ether oxygens (including phenoxy) is 2. The van der Waals surface area contributed by atoms with E-state index >= 15 is 0 Å². The minimum Gasteiger partial charge on any atom is -0.481 e. The molecule has 8 heteroatoms. The van der Waals surface area contributed by atoms with E-state index in [1.54, 1.807) is 0 Å². The van der Waals surface area contributed by atoms with Crippen molar-refractivity contribution < 1.29 is 29.0 Å². The van der Waals surface area contributed by atoms with Gasteiger partial charge >= 0.3 is 12.1 Å². The fraction of sp³-hybridized carbons (Fsp3) is 0.400. The molecular formula is C25H28N2O6. The Hall–Kier alpha value is -3.39. The summed E-state index contributed by atoms with van der Waals surface area (Å²) in [6.45, 7) is 2.41. The zero-order chi connectivity index (χ0) is 23.5. The van der Waals surface area contributed by atoms with Crippen molar-refractivity contribution in [3.05, 3.63) is 59.7 Å². The molecule has 0 bridgehead atoms. The number of alkyl carbamates (subject to hydrolysis) is 1. The third kappa shape index (κ3) is 4.57. The highest BCUT2D eigenvalue weighted by atomic mass is 16.5. The van der Waals surface area contributed by atoms with Crippen LogP contribution >= 0.6 is 0 Å². The van der Waals surface area contributed by atoms with E-state index < -0.39 is 24.1 Å². The number of benzene rings is 2. The van der Waals surface area contributed by atoms with E-state index in [9.17, 15) is 19.5 Å². The lowest BCUT2D eigenvalue weighted by Gasteiger charge is -2.23. The van der Waals surface area contributed by atoms with Gasteiger partial charge in [0.1, 0.15) is 6.61 Å². The first-order valence-corrected chi connectivity index (χ1v) is 11.0. The average molecular weight is 453 g/mol. The third-order valence-corrected chi connectivity index (χ3v) is 6.58. The minimum atomic E-state index is -0.913. The van der Waals surface area contributed by atoms with Gasteiger partial charge in [0.25, 0.3) is 5.91 Å². The van der Waals surface area contributed by atoms with Gasteiger partial charge in [0.05, 0.1) is 12.5 Å². The second-order valence-corrected chi connectivity index (χ2v) is 8.60. The maximum absolute atomic E-state index is 12.8. The van der Waals surface area contributed by atoms with Gasteiger partial charge in [-0.2, -0.15) is 0 Å². The van der Waals surface area contributed by atoms with Gasteiger partial charge in [-0.05, 0) is 28.2 Å². The van der Waals surface area contributed by atoms with Crippen molar-refractivity contribution >= 4 is 18.0 Å². The van der Waals surface area contributed by atoms with Gasteiger partial charge in [-0.15, -0.1) is 0 Å². The number of carbonyl (C=O) groups excluding carboxylic acids is 2. The van der Waals surface area contributed by atoms with Crippen LogP contribution in [0.2, 0.25) is 0 Å². The lowest BCUT2D eigenvalue weighted by molar-refractivity contribution is -0.143. The van der Waals surface area contributed by atoms with Crippen LogP contribution in [-0.2, 0) is 19.1 Å². The predicted octanol–water partition coefficient (Wildman–Crippen LogP) is 2.72. The fourth-order valence-corrected chi connectivity index (χ4v) is 4.77. The second-order valence-electron chi connectivity index (χ2n) is 8.60. The minimum absolute atomic E-state index is 0.0537. The summed E-state index contributed by atoms with van der Waals surface area (Å²) >= 11 is 0. The van der Waals surface area contributed by atoms with Crippen LogP contribution in [0.5, 0.6) is 0 Å². The topological polar surface area (TPSA) is 105 Å². The zero-order valence-electron chi connectivity index (χ0n) is 18.7.